The van der Waals surface area contributed by atoms with Gasteiger partial charge in [-0.3, -0.25) is 4.79 Å². The van der Waals surface area contributed by atoms with Gasteiger partial charge in [-0.15, -0.1) is 0 Å². The molecule has 1 N–H and O–H groups in total. The van der Waals surface area contributed by atoms with Crippen molar-refractivity contribution in [1.29, 1.82) is 0 Å². The maximum atomic E-state index is 10.5. The summed E-state index contributed by atoms with van der Waals surface area (Å²) in [5, 5.41) is 8.64. The van der Waals surface area contributed by atoms with Gasteiger partial charge in [0.05, 0.1) is 25.4 Å². The van der Waals surface area contributed by atoms with Crippen molar-refractivity contribution in [2.45, 2.75) is 70.5 Å². The van der Waals surface area contributed by atoms with Gasteiger partial charge < -0.3 is 14.6 Å². The number of rotatable bonds is 12. The molecule has 2 aliphatic heterocycles. The minimum Gasteiger partial charge on any atom is -0.481 e. The topological polar surface area (TPSA) is 55.8 Å². The summed E-state index contributed by atoms with van der Waals surface area (Å²) in [5.41, 5.74) is 0. The summed E-state index contributed by atoms with van der Waals surface area (Å²) in [5.74, 6) is 0.348. The van der Waals surface area contributed by atoms with E-state index in [1.165, 1.54) is 19.3 Å². The number of aliphatic carboxylic acids is 1. The lowest BCUT2D eigenvalue weighted by Crippen LogP contribution is -2.30. The summed E-state index contributed by atoms with van der Waals surface area (Å²) in [4.78, 5) is 10.5. The Balaban J connectivity index is 1.69. The molecule has 0 aromatic heterocycles. The third kappa shape index (κ3) is 6.06. The molecule has 4 atom stereocenters. The Hall–Kier alpha value is -1.13. The van der Waals surface area contributed by atoms with Gasteiger partial charge in [0.1, 0.15) is 0 Å². The van der Waals surface area contributed by atoms with Crippen LogP contribution >= 0.6 is 0 Å². The second-order valence-corrected chi connectivity index (χ2v) is 6.91. The highest BCUT2D eigenvalue weighted by molar-refractivity contribution is 5.66. The summed E-state index contributed by atoms with van der Waals surface area (Å²) >= 11 is 0. The second kappa shape index (κ2) is 10.7. The van der Waals surface area contributed by atoms with Crippen molar-refractivity contribution in [3.05, 3.63) is 24.3 Å². The zero-order valence-electron chi connectivity index (χ0n) is 14.9. The third-order valence-corrected chi connectivity index (χ3v) is 5.07. The predicted octanol–water partition coefficient (Wildman–Crippen LogP) is 4.35. The van der Waals surface area contributed by atoms with E-state index in [4.69, 9.17) is 14.6 Å². The summed E-state index contributed by atoms with van der Waals surface area (Å²) in [7, 11) is 0. The van der Waals surface area contributed by atoms with E-state index >= 15 is 0 Å². The van der Waals surface area contributed by atoms with Crippen LogP contribution in [0.1, 0.15) is 58.3 Å². The van der Waals surface area contributed by atoms with E-state index in [1.54, 1.807) is 0 Å². The predicted molar refractivity (Wildman–Crippen MR) is 95.0 cm³/mol. The van der Waals surface area contributed by atoms with Gasteiger partial charge in [0.15, 0.2) is 0 Å². The van der Waals surface area contributed by atoms with E-state index in [-0.39, 0.29) is 6.42 Å². The highest BCUT2D eigenvalue weighted by atomic mass is 16.5. The van der Waals surface area contributed by atoms with E-state index in [1.807, 2.05) is 0 Å². The van der Waals surface area contributed by atoms with Crippen LogP contribution in [0.2, 0.25) is 0 Å². The smallest absolute Gasteiger partial charge is 0.303 e. The van der Waals surface area contributed by atoms with Crippen molar-refractivity contribution in [1.82, 2.24) is 0 Å². The van der Waals surface area contributed by atoms with E-state index in [9.17, 15) is 4.79 Å². The minimum absolute atomic E-state index is 0.254. The Labute approximate surface area is 145 Å². The van der Waals surface area contributed by atoms with Gasteiger partial charge in [0, 0.05) is 12.3 Å². The molecular weight excluding hydrogens is 304 g/mol. The molecule has 0 aromatic rings. The Morgan fingerprint density at radius 1 is 1.12 bits per heavy atom. The molecule has 0 aliphatic carbocycles. The van der Waals surface area contributed by atoms with E-state index in [2.05, 4.69) is 31.2 Å². The van der Waals surface area contributed by atoms with Crippen LogP contribution in [0.5, 0.6) is 0 Å². The number of ether oxygens (including phenoxy) is 2. The molecule has 2 saturated heterocycles. The van der Waals surface area contributed by atoms with E-state index < -0.39 is 5.97 Å². The number of carboxylic acids is 1. The Bertz CT molecular complexity index is 429. The lowest BCUT2D eigenvalue weighted by Gasteiger charge is -2.26. The van der Waals surface area contributed by atoms with Crippen LogP contribution in [0, 0.1) is 11.8 Å². The van der Waals surface area contributed by atoms with E-state index in [0.717, 1.165) is 32.3 Å². The fourth-order valence-electron chi connectivity index (χ4n) is 3.80. The normalized spacial score (nSPS) is 29.2. The molecule has 0 unspecified atom stereocenters. The van der Waals surface area contributed by atoms with Crippen LogP contribution in [0.3, 0.4) is 0 Å². The van der Waals surface area contributed by atoms with Gasteiger partial charge >= 0.3 is 5.97 Å². The number of hydrogen-bond acceptors (Lipinski definition) is 3. The molecule has 2 bridgehead atoms. The first-order valence-electron chi connectivity index (χ1n) is 9.47. The number of allylic oxidation sites excluding steroid dienone is 3. The van der Waals surface area contributed by atoms with Gasteiger partial charge in [-0.25, -0.2) is 0 Å². The van der Waals surface area contributed by atoms with Crippen molar-refractivity contribution in [2.75, 3.05) is 13.2 Å². The van der Waals surface area contributed by atoms with Gasteiger partial charge in [-0.2, -0.15) is 0 Å². The van der Waals surface area contributed by atoms with Crippen LogP contribution in [-0.4, -0.2) is 36.5 Å². The number of hydrogen-bond donors (Lipinski definition) is 1. The van der Waals surface area contributed by atoms with Crippen molar-refractivity contribution in [2.24, 2.45) is 11.8 Å². The fraction of sp³-hybridized carbons (Fsp3) is 0.750. The Kier molecular flexibility index (Phi) is 8.54. The molecule has 0 radical (unpaired) electrons. The van der Waals surface area contributed by atoms with Crippen molar-refractivity contribution >= 4 is 5.97 Å². The highest BCUT2D eigenvalue weighted by Gasteiger charge is 2.47. The molecule has 2 heterocycles. The maximum Gasteiger partial charge on any atom is 0.303 e. The average molecular weight is 336 g/mol. The molecular formula is C20H32O4. The largest absolute Gasteiger partial charge is 0.481 e. The van der Waals surface area contributed by atoms with Crippen molar-refractivity contribution in [3.63, 3.8) is 0 Å². The van der Waals surface area contributed by atoms with Gasteiger partial charge in [-0.05, 0) is 44.4 Å². The molecule has 0 aromatic carbocycles. The molecule has 136 valence electrons. The fourth-order valence-corrected chi connectivity index (χ4v) is 3.80. The number of unbranched alkanes of at least 4 members (excludes halogenated alkanes) is 2. The molecule has 0 amide bonds. The SMILES string of the molecule is CCCC=CCOC[C@@H]1[C@@H](CC=CCCCC(=O)O)[C@H]2CC[C@@H]1O2. The van der Waals surface area contributed by atoms with Gasteiger partial charge in [0.25, 0.3) is 0 Å². The molecule has 2 fully saturated rings. The Morgan fingerprint density at radius 2 is 1.88 bits per heavy atom. The zero-order chi connectivity index (χ0) is 17.2. The number of fused-ring (bicyclic) bond motifs is 2. The molecule has 4 heteroatoms. The van der Waals surface area contributed by atoms with Crippen LogP contribution < -0.4 is 0 Å². The van der Waals surface area contributed by atoms with Gasteiger partial charge in [-0.1, -0.05) is 37.6 Å². The summed E-state index contributed by atoms with van der Waals surface area (Å²) < 4.78 is 12.0. The molecule has 2 rings (SSSR count). The molecule has 24 heavy (non-hydrogen) atoms. The molecule has 0 saturated carbocycles. The maximum absolute atomic E-state index is 10.5. The lowest BCUT2D eigenvalue weighted by molar-refractivity contribution is -0.137. The molecule has 4 nitrogen and oxygen atoms in total. The first kappa shape index (κ1) is 19.2. The third-order valence-electron chi connectivity index (χ3n) is 5.07. The molecule has 2 aliphatic rings. The number of carbonyl (C=O) groups is 1. The monoisotopic (exact) mass is 336 g/mol. The lowest BCUT2D eigenvalue weighted by atomic mass is 9.78. The average Bonchev–Trinajstić information content (AvgIpc) is 3.15. The van der Waals surface area contributed by atoms with Crippen LogP contribution in [-0.2, 0) is 14.3 Å². The number of carboxylic acid groups (broad SMARTS) is 1. The Morgan fingerprint density at radius 3 is 2.62 bits per heavy atom. The molecule has 0 spiro atoms. The standard InChI is InChI=1S/C20H32O4/c1-2-3-4-9-14-23-15-17-16(18-12-13-19(17)24-18)10-7-5-6-8-11-20(21)22/h4-5,7,9,16-19H,2-3,6,8,10-15H2,1H3,(H,21,22)/t16-,17-,18-,19+/m1/s1. The minimum atomic E-state index is -0.713. The van der Waals surface area contributed by atoms with Crippen LogP contribution in [0.4, 0.5) is 0 Å². The summed E-state index contributed by atoms with van der Waals surface area (Å²) in [6.45, 7) is 3.67. The van der Waals surface area contributed by atoms with Crippen molar-refractivity contribution < 1.29 is 19.4 Å². The zero-order valence-corrected chi connectivity index (χ0v) is 14.9. The second-order valence-electron chi connectivity index (χ2n) is 6.91. The van der Waals surface area contributed by atoms with Crippen LogP contribution in [0.25, 0.3) is 0 Å². The first-order valence-corrected chi connectivity index (χ1v) is 9.47. The summed E-state index contributed by atoms with van der Waals surface area (Å²) in [6.07, 6.45) is 16.9. The first-order chi connectivity index (χ1) is 11.7. The highest BCUT2D eigenvalue weighted by Crippen LogP contribution is 2.45. The quantitative estimate of drug-likeness (QED) is 0.425. The van der Waals surface area contributed by atoms with Gasteiger partial charge in [0.2, 0.25) is 0 Å². The van der Waals surface area contributed by atoms with Crippen molar-refractivity contribution in [3.8, 4) is 0 Å². The van der Waals surface area contributed by atoms with E-state index in [0.29, 0.717) is 30.7 Å². The summed E-state index contributed by atoms with van der Waals surface area (Å²) in [6, 6.07) is 0. The van der Waals surface area contributed by atoms with Crippen LogP contribution in [0.15, 0.2) is 24.3 Å².